The fraction of sp³-hybridized carbons (Fsp3) is 0.825. The minimum absolute atomic E-state index is 0.00358. The molecule has 8 N–H and O–H groups in total. The first-order valence-electron chi connectivity index (χ1n) is 20.8. The first-order valence-corrected chi connectivity index (χ1v) is 20.8. The second-order valence-electron chi connectivity index (χ2n) is 14.0. The predicted octanol–water partition coefficient (Wildman–Crippen LogP) is 3.57. The van der Waals surface area contributed by atoms with Crippen molar-refractivity contribution in [3.8, 4) is 0 Å². The Hall–Kier alpha value is -3.67. The van der Waals surface area contributed by atoms with E-state index in [1.165, 1.54) is 58.9 Å². The van der Waals surface area contributed by atoms with Crippen LogP contribution in [-0.2, 0) is 43.0 Å². The van der Waals surface area contributed by atoms with E-state index in [2.05, 4.69) is 26.6 Å². The van der Waals surface area contributed by atoms with Crippen molar-refractivity contribution in [3.05, 3.63) is 0 Å². The van der Waals surface area contributed by atoms with Crippen molar-refractivity contribution < 1.29 is 58.4 Å². The van der Waals surface area contributed by atoms with E-state index >= 15 is 0 Å². The molecule has 57 heavy (non-hydrogen) atoms. The third-order valence-electron chi connectivity index (χ3n) is 8.95. The highest BCUT2D eigenvalue weighted by Crippen LogP contribution is 2.13. The molecule has 0 unspecified atom stereocenters. The second kappa shape index (κ2) is 40.5. The first kappa shape index (κ1) is 55.4. The third-order valence-corrected chi connectivity index (χ3v) is 8.95. The molecule has 0 aromatic heterocycles. The summed E-state index contributed by atoms with van der Waals surface area (Å²) in [6, 6.07) is -1.28. The van der Waals surface area contributed by atoms with E-state index in [-0.39, 0.29) is 49.2 Å². The molecule has 0 saturated carbocycles. The Bertz CT molecular complexity index is 1100. The van der Waals surface area contributed by atoms with Crippen molar-refractivity contribution >= 4 is 41.4 Å². The Kier molecular flexibility index (Phi) is 39.4. The van der Waals surface area contributed by atoms with Gasteiger partial charge in [-0.2, -0.15) is 0 Å². The van der Waals surface area contributed by atoms with Gasteiger partial charge in [-0.05, 0) is 59.5 Å². The summed E-state index contributed by atoms with van der Waals surface area (Å²) in [5, 5.41) is 39.8. The van der Waals surface area contributed by atoms with Crippen molar-refractivity contribution in [2.45, 2.75) is 154 Å². The highest BCUT2D eigenvalue weighted by Gasteiger charge is 2.16. The fourth-order valence-corrected chi connectivity index (χ4v) is 5.49. The van der Waals surface area contributed by atoms with Crippen LogP contribution in [0.2, 0.25) is 0 Å². The van der Waals surface area contributed by atoms with Crippen LogP contribution in [0.25, 0.3) is 0 Å². The molecule has 0 aliphatic rings. The molecule has 17 nitrogen and oxygen atoms in total. The number of nitrogens with one attached hydrogen (secondary N) is 5. The number of likely N-dealkylation sites (N-methyl/N-ethyl adjacent to an activating group) is 2. The van der Waals surface area contributed by atoms with Gasteiger partial charge >= 0.3 is 17.9 Å². The largest absolute Gasteiger partial charge is 0.481 e. The number of aliphatic carboxylic acids is 3. The van der Waals surface area contributed by atoms with Gasteiger partial charge in [0.2, 0.25) is 17.7 Å². The van der Waals surface area contributed by atoms with Crippen LogP contribution in [0, 0.1) is 0 Å². The number of unbranched alkanes of at least 4 members (excludes halogenated alkanes) is 12. The van der Waals surface area contributed by atoms with Gasteiger partial charge in [-0.15, -0.1) is 0 Å². The van der Waals surface area contributed by atoms with E-state index in [9.17, 15) is 33.6 Å². The molecule has 2 atom stereocenters. The van der Waals surface area contributed by atoms with E-state index < -0.39 is 30.0 Å². The van der Waals surface area contributed by atoms with Crippen LogP contribution >= 0.6 is 0 Å². The molecule has 0 heterocycles. The number of rotatable bonds is 39. The SMILES string of the molecule is CC(=O)CCC(=O)NCCOCCOCCNC(=O)CCCCCCCCCCCCCCC(=O)O.CN[C@@H](CCCCNC(=O)CC[C@H](NC)C(=O)O)C(=O)O. The lowest BCUT2D eigenvalue weighted by molar-refractivity contribution is -0.140. The predicted molar refractivity (Wildman–Crippen MR) is 217 cm³/mol. The standard InChI is InChI=1S/C27H50N2O7.C13H25N3O5/c1-24(30)16-17-26(32)29-19-21-36-23-22-35-20-18-28-25(31)14-12-10-8-6-4-2-3-5-7-9-11-13-15-27(33)34;1-14-9(12(18)19)5-3-4-8-16-11(17)7-6-10(15-2)13(20)21/h2-23H2,1H3,(H,28,31)(H,29,32)(H,33,34);9-10,14-15H,3-8H2,1-2H3,(H,16,17)(H,18,19)(H,20,21)/t;9-,10-/m.0/s1. The van der Waals surface area contributed by atoms with Gasteiger partial charge in [-0.1, -0.05) is 64.2 Å². The Morgan fingerprint density at radius 2 is 0.842 bits per heavy atom. The maximum absolute atomic E-state index is 11.9. The summed E-state index contributed by atoms with van der Waals surface area (Å²) in [5.41, 5.74) is 0. The molecule has 0 aliphatic heterocycles. The minimum Gasteiger partial charge on any atom is -0.481 e. The second-order valence-corrected chi connectivity index (χ2v) is 14.0. The molecule has 332 valence electrons. The molecule has 0 aliphatic carbocycles. The van der Waals surface area contributed by atoms with Gasteiger partial charge in [-0.3, -0.25) is 28.8 Å². The van der Waals surface area contributed by atoms with E-state index in [0.29, 0.717) is 78.2 Å². The number of carboxylic acid groups (broad SMARTS) is 3. The molecular formula is C40H75N5O12. The molecule has 0 spiro atoms. The van der Waals surface area contributed by atoms with E-state index in [1.807, 2.05) is 0 Å². The summed E-state index contributed by atoms with van der Waals surface area (Å²) in [7, 11) is 3.14. The number of hydrogen-bond donors (Lipinski definition) is 8. The highest BCUT2D eigenvalue weighted by molar-refractivity contribution is 5.83. The number of carbonyl (C=O) groups excluding carboxylic acids is 4. The maximum atomic E-state index is 11.9. The topological polar surface area (TPSA) is 259 Å². The lowest BCUT2D eigenvalue weighted by Crippen LogP contribution is -2.35. The lowest BCUT2D eigenvalue weighted by Gasteiger charge is -2.12. The first-order chi connectivity index (χ1) is 27.3. The summed E-state index contributed by atoms with van der Waals surface area (Å²) in [6.07, 6.45) is 17.2. The zero-order chi connectivity index (χ0) is 42.9. The van der Waals surface area contributed by atoms with Gasteiger partial charge in [0.05, 0.1) is 26.4 Å². The fourth-order valence-electron chi connectivity index (χ4n) is 5.49. The highest BCUT2D eigenvalue weighted by atomic mass is 16.5. The zero-order valence-electron chi connectivity index (χ0n) is 35.0. The van der Waals surface area contributed by atoms with Crippen LogP contribution in [0.3, 0.4) is 0 Å². The quantitative estimate of drug-likeness (QED) is 0.0413. The van der Waals surface area contributed by atoms with E-state index in [0.717, 1.165) is 32.1 Å². The van der Waals surface area contributed by atoms with Crippen LogP contribution in [0.4, 0.5) is 0 Å². The Balaban J connectivity index is 0. The van der Waals surface area contributed by atoms with Crippen LogP contribution in [0.1, 0.15) is 142 Å². The summed E-state index contributed by atoms with van der Waals surface area (Å²) in [5.74, 6) is -2.82. The number of Topliss-reactive ketones (excluding diaryl/α,β-unsaturated/α-hetero) is 1. The third kappa shape index (κ3) is 41.8. The molecule has 0 aromatic rings. The lowest BCUT2D eigenvalue weighted by atomic mass is 10.0. The van der Waals surface area contributed by atoms with Gasteiger partial charge in [-0.25, -0.2) is 0 Å². The summed E-state index contributed by atoms with van der Waals surface area (Å²) >= 11 is 0. The molecule has 0 radical (unpaired) electrons. The van der Waals surface area contributed by atoms with E-state index in [1.54, 1.807) is 7.05 Å². The van der Waals surface area contributed by atoms with Gasteiger partial charge in [0.25, 0.3) is 0 Å². The van der Waals surface area contributed by atoms with Crippen molar-refractivity contribution in [1.29, 1.82) is 0 Å². The normalized spacial score (nSPS) is 11.8. The number of hydrogen-bond acceptors (Lipinski definition) is 11. The van der Waals surface area contributed by atoms with Gasteiger partial charge in [0.1, 0.15) is 17.9 Å². The van der Waals surface area contributed by atoms with Gasteiger partial charge < -0.3 is 56.2 Å². The molecule has 0 fully saturated rings. The number of carboxylic acids is 3. The minimum atomic E-state index is -0.975. The molecular weight excluding hydrogens is 742 g/mol. The van der Waals surface area contributed by atoms with Crippen LogP contribution in [-0.4, -0.2) is 129 Å². The Morgan fingerprint density at radius 3 is 1.28 bits per heavy atom. The van der Waals surface area contributed by atoms with E-state index in [4.69, 9.17) is 24.8 Å². The molecule has 0 saturated heterocycles. The molecule has 0 rings (SSSR count). The number of ketones is 1. The summed E-state index contributed by atoms with van der Waals surface area (Å²) in [6.45, 7) is 4.52. The Labute approximate surface area is 339 Å². The number of ether oxygens (including phenoxy) is 2. The molecule has 0 bridgehead atoms. The summed E-state index contributed by atoms with van der Waals surface area (Å²) in [4.78, 5) is 77.5. The van der Waals surface area contributed by atoms with Crippen molar-refractivity contribution in [2.75, 3.05) is 60.2 Å². The van der Waals surface area contributed by atoms with Gasteiger partial charge in [0, 0.05) is 51.7 Å². The monoisotopic (exact) mass is 818 g/mol. The Morgan fingerprint density at radius 1 is 0.439 bits per heavy atom. The smallest absolute Gasteiger partial charge is 0.320 e. The maximum Gasteiger partial charge on any atom is 0.320 e. The van der Waals surface area contributed by atoms with Crippen LogP contribution in [0.5, 0.6) is 0 Å². The van der Waals surface area contributed by atoms with Crippen molar-refractivity contribution in [3.63, 3.8) is 0 Å². The average molecular weight is 818 g/mol. The average Bonchev–Trinajstić information content (AvgIpc) is 3.16. The molecule has 3 amide bonds. The van der Waals surface area contributed by atoms with Crippen molar-refractivity contribution in [1.82, 2.24) is 26.6 Å². The molecule has 17 heteroatoms. The van der Waals surface area contributed by atoms with Crippen molar-refractivity contribution in [2.24, 2.45) is 0 Å². The zero-order valence-corrected chi connectivity index (χ0v) is 35.0. The number of amides is 3. The number of carbonyl (C=O) groups is 7. The molecule has 0 aromatic carbocycles. The van der Waals surface area contributed by atoms with Crippen LogP contribution < -0.4 is 26.6 Å². The van der Waals surface area contributed by atoms with Crippen LogP contribution in [0.15, 0.2) is 0 Å². The summed E-state index contributed by atoms with van der Waals surface area (Å²) < 4.78 is 10.8. The van der Waals surface area contributed by atoms with Gasteiger partial charge in [0.15, 0.2) is 0 Å².